The maximum atomic E-state index is 12.8. The number of carbonyl (C=O) groups is 2. The Labute approximate surface area is 142 Å². The summed E-state index contributed by atoms with van der Waals surface area (Å²) in [5, 5.41) is 3.02. The largest absolute Gasteiger partial charge is 0.324 e. The molecule has 1 atom stereocenters. The zero-order chi connectivity index (χ0) is 17.1. The second-order valence-corrected chi connectivity index (χ2v) is 6.38. The molecule has 0 spiro atoms. The lowest BCUT2D eigenvalue weighted by atomic mass is 10.0. The van der Waals surface area contributed by atoms with Crippen molar-refractivity contribution in [2.45, 2.75) is 38.6 Å². The highest BCUT2D eigenvalue weighted by molar-refractivity contribution is 6.07. The van der Waals surface area contributed by atoms with Crippen molar-refractivity contribution < 1.29 is 9.59 Å². The highest BCUT2D eigenvalue weighted by atomic mass is 16.2. The fraction of sp³-hybridized carbons (Fsp3) is 0.300. The Balaban J connectivity index is 1.83. The van der Waals surface area contributed by atoms with Gasteiger partial charge in [-0.3, -0.25) is 14.5 Å². The molecule has 2 aromatic rings. The van der Waals surface area contributed by atoms with E-state index in [-0.39, 0.29) is 11.8 Å². The van der Waals surface area contributed by atoms with Gasteiger partial charge in [0, 0.05) is 17.8 Å². The van der Waals surface area contributed by atoms with Gasteiger partial charge in [-0.25, -0.2) is 0 Å². The molecule has 1 unspecified atom stereocenters. The van der Waals surface area contributed by atoms with Crippen molar-refractivity contribution in [3.63, 3.8) is 0 Å². The van der Waals surface area contributed by atoms with E-state index in [4.69, 9.17) is 0 Å². The molecule has 0 aliphatic carbocycles. The van der Waals surface area contributed by atoms with E-state index in [1.807, 2.05) is 54.6 Å². The van der Waals surface area contributed by atoms with Gasteiger partial charge < -0.3 is 5.32 Å². The molecule has 24 heavy (non-hydrogen) atoms. The third-order valence-electron chi connectivity index (χ3n) is 4.39. The molecule has 1 heterocycles. The Morgan fingerprint density at radius 3 is 2.46 bits per heavy atom. The van der Waals surface area contributed by atoms with Gasteiger partial charge in [0.25, 0.3) is 0 Å². The van der Waals surface area contributed by atoms with Crippen molar-refractivity contribution in [2.24, 2.45) is 0 Å². The first kappa shape index (κ1) is 16.2. The molecule has 1 saturated heterocycles. The molecule has 0 bridgehead atoms. The first-order valence-electron chi connectivity index (χ1n) is 8.35. The van der Waals surface area contributed by atoms with E-state index >= 15 is 0 Å². The minimum Gasteiger partial charge on any atom is -0.324 e. The number of carbonyl (C=O) groups excluding carboxylic acids is 2. The van der Waals surface area contributed by atoms with Crippen LogP contribution in [0.1, 0.15) is 38.2 Å². The summed E-state index contributed by atoms with van der Waals surface area (Å²) in [6.07, 6.45) is 0.947. The minimum absolute atomic E-state index is 0.00139. The Morgan fingerprint density at radius 1 is 1.08 bits per heavy atom. The summed E-state index contributed by atoms with van der Waals surface area (Å²) < 4.78 is 0. The van der Waals surface area contributed by atoms with E-state index in [2.05, 4.69) is 19.2 Å². The number of anilines is 2. The van der Waals surface area contributed by atoms with E-state index in [0.29, 0.717) is 18.8 Å². The number of benzene rings is 2. The summed E-state index contributed by atoms with van der Waals surface area (Å²) in [5.41, 5.74) is 2.70. The van der Waals surface area contributed by atoms with Crippen molar-refractivity contribution in [1.82, 2.24) is 0 Å². The third-order valence-corrected chi connectivity index (χ3v) is 4.39. The van der Waals surface area contributed by atoms with Gasteiger partial charge in [-0.15, -0.1) is 0 Å². The molecule has 0 aromatic heterocycles. The quantitative estimate of drug-likeness (QED) is 0.927. The normalized spacial score (nSPS) is 17.4. The van der Waals surface area contributed by atoms with Crippen molar-refractivity contribution in [1.29, 1.82) is 0 Å². The minimum atomic E-state index is -0.458. The molecular weight excluding hydrogens is 300 g/mol. The van der Waals surface area contributed by atoms with Gasteiger partial charge in [-0.2, -0.15) is 0 Å². The number of para-hydroxylation sites is 2. The summed E-state index contributed by atoms with van der Waals surface area (Å²) in [4.78, 5) is 26.7. The second-order valence-electron chi connectivity index (χ2n) is 6.38. The van der Waals surface area contributed by atoms with Gasteiger partial charge in [0.05, 0.1) is 0 Å². The molecule has 124 valence electrons. The van der Waals surface area contributed by atoms with E-state index in [1.165, 1.54) is 0 Å². The van der Waals surface area contributed by atoms with E-state index < -0.39 is 6.04 Å². The highest BCUT2D eigenvalue weighted by Crippen LogP contribution is 2.29. The number of amides is 2. The van der Waals surface area contributed by atoms with Gasteiger partial charge in [-0.1, -0.05) is 50.2 Å². The van der Waals surface area contributed by atoms with E-state index in [0.717, 1.165) is 16.9 Å². The smallest absolute Gasteiger partial charge is 0.247 e. The van der Waals surface area contributed by atoms with Crippen LogP contribution in [0.15, 0.2) is 54.6 Å². The topological polar surface area (TPSA) is 49.4 Å². The van der Waals surface area contributed by atoms with Gasteiger partial charge >= 0.3 is 0 Å². The lowest BCUT2D eigenvalue weighted by Gasteiger charge is -2.25. The fourth-order valence-electron chi connectivity index (χ4n) is 3.17. The van der Waals surface area contributed by atoms with Crippen LogP contribution < -0.4 is 10.2 Å². The van der Waals surface area contributed by atoms with Gasteiger partial charge in [0.1, 0.15) is 6.04 Å². The molecular formula is C20H22N2O2. The average molecular weight is 322 g/mol. The first-order valence-corrected chi connectivity index (χ1v) is 8.35. The Kier molecular flexibility index (Phi) is 4.65. The van der Waals surface area contributed by atoms with Crippen LogP contribution in [0.4, 0.5) is 11.4 Å². The number of hydrogen-bond acceptors (Lipinski definition) is 2. The highest BCUT2D eigenvalue weighted by Gasteiger charge is 2.37. The molecule has 1 N–H and O–H groups in total. The zero-order valence-electron chi connectivity index (χ0n) is 14.0. The predicted octanol–water partition coefficient (Wildman–Crippen LogP) is 3.94. The van der Waals surface area contributed by atoms with Crippen molar-refractivity contribution in [3.05, 3.63) is 60.2 Å². The summed E-state index contributed by atoms with van der Waals surface area (Å²) in [7, 11) is 0. The number of hydrogen-bond donors (Lipinski definition) is 1. The standard InChI is InChI=1S/C20H22N2O2/c1-14(2)16-10-6-7-11-17(16)21-20(24)18-12-13-19(23)22(18)15-8-4-3-5-9-15/h3-11,14,18H,12-13H2,1-2H3,(H,21,24). The molecule has 4 heteroatoms. The second kappa shape index (κ2) is 6.87. The van der Waals surface area contributed by atoms with Crippen LogP contribution in [0.2, 0.25) is 0 Å². The third kappa shape index (κ3) is 3.18. The number of nitrogens with zero attached hydrogens (tertiary/aromatic N) is 1. The summed E-state index contributed by atoms with van der Waals surface area (Å²) in [6.45, 7) is 4.20. The predicted molar refractivity (Wildman–Crippen MR) is 96.1 cm³/mol. The first-order chi connectivity index (χ1) is 11.6. The number of nitrogens with one attached hydrogen (secondary N) is 1. The molecule has 3 rings (SSSR count). The molecule has 1 fully saturated rings. The van der Waals surface area contributed by atoms with Gasteiger partial charge in [-0.05, 0) is 36.1 Å². The summed E-state index contributed by atoms with van der Waals surface area (Å²) in [6, 6.07) is 16.8. The molecule has 1 aliphatic rings. The lowest BCUT2D eigenvalue weighted by molar-refractivity contribution is -0.120. The van der Waals surface area contributed by atoms with Crippen LogP contribution in [0.5, 0.6) is 0 Å². The SMILES string of the molecule is CC(C)c1ccccc1NC(=O)C1CCC(=O)N1c1ccccc1. The Bertz CT molecular complexity index is 740. The van der Waals surface area contributed by atoms with Crippen LogP contribution in [0.25, 0.3) is 0 Å². The zero-order valence-corrected chi connectivity index (χ0v) is 14.0. The number of rotatable bonds is 4. The average Bonchev–Trinajstić information content (AvgIpc) is 2.97. The van der Waals surface area contributed by atoms with Crippen molar-refractivity contribution in [2.75, 3.05) is 10.2 Å². The maximum Gasteiger partial charge on any atom is 0.247 e. The molecule has 4 nitrogen and oxygen atoms in total. The molecule has 0 radical (unpaired) electrons. The van der Waals surface area contributed by atoms with Crippen LogP contribution in [-0.2, 0) is 9.59 Å². The molecule has 2 amide bonds. The molecule has 0 saturated carbocycles. The van der Waals surface area contributed by atoms with E-state index in [9.17, 15) is 9.59 Å². The van der Waals surface area contributed by atoms with Crippen LogP contribution in [0.3, 0.4) is 0 Å². The van der Waals surface area contributed by atoms with Crippen LogP contribution in [-0.4, -0.2) is 17.9 Å². The van der Waals surface area contributed by atoms with Crippen molar-refractivity contribution in [3.8, 4) is 0 Å². The molecule has 2 aromatic carbocycles. The van der Waals surface area contributed by atoms with Crippen LogP contribution in [0, 0.1) is 0 Å². The lowest BCUT2D eigenvalue weighted by Crippen LogP contribution is -2.41. The van der Waals surface area contributed by atoms with Gasteiger partial charge in [0.15, 0.2) is 0 Å². The monoisotopic (exact) mass is 322 g/mol. The van der Waals surface area contributed by atoms with Crippen molar-refractivity contribution >= 4 is 23.2 Å². The van der Waals surface area contributed by atoms with E-state index in [1.54, 1.807) is 4.90 Å². The van der Waals surface area contributed by atoms with Gasteiger partial charge in [0.2, 0.25) is 11.8 Å². The van der Waals surface area contributed by atoms with Crippen LogP contribution >= 0.6 is 0 Å². The summed E-state index contributed by atoms with van der Waals surface area (Å²) >= 11 is 0. The maximum absolute atomic E-state index is 12.8. The Hall–Kier alpha value is -2.62. The Morgan fingerprint density at radius 2 is 1.75 bits per heavy atom. The molecule has 1 aliphatic heterocycles. The summed E-state index contributed by atoms with van der Waals surface area (Å²) in [5.74, 6) is 0.188. The fourth-order valence-corrected chi connectivity index (χ4v) is 3.17.